The van der Waals surface area contributed by atoms with Gasteiger partial charge < -0.3 is 20.1 Å². The highest BCUT2D eigenvalue weighted by Gasteiger charge is 2.31. The number of anilines is 2. The molecular weight excluding hydrogens is 280 g/mol. The molecule has 0 spiro atoms. The molecule has 0 radical (unpaired) electrons. The van der Waals surface area contributed by atoms with E-state index in [-0.39, 0.29) is 5.91 Å². The summed E-state index contributed by atoms with van der Waals surface area (Å²) in [6.07, 6.45) is 0. The van der Waals surface area contributed by atoms with Gasteiger partial charge in [0.2, 0.25) is 0 Å². The zero-order valence-corrected chi connectivity index (χ0v) is 12.0. The maximum Gasteiger partial charge on any atom is 0.262 e. The minimum absolute atomic E-state index is 0.0841. The Labute approximate surface area is 128 Å². The summed E-state index contributed by atoms with van der Waals surface area (Å²) in [5.74, 6) is 1.50. The van der Waals surface area contributed by atoms with E-state index < -0.39 is 0 Å². The molecule has 0 aromatic heterocycles. The first-order valence-corrected chi connectivity index (χ1v) is 7.28. The summed E-state index contributed by atoms with van der Waals surface area (Å²) >= 11 is 0. The first kappa shape index (κ1) is 13.2. The van der Waals surface area contributed by atoms with Crippen molar-refractivity contribution in [3.05, 3.63) is 48.0 Å². The monoisotopic (exact) mass is 296 g/mol. The highest BCUT2D eigenvalue weighted by Crippen LogP contribution is 2.39. The van der Waals surface area contributed by atoms with E-state index in [2.05, 4.69) is 0 Å². The van der Waals surface area contributed by atoms with Crippen LogP contribution in [0.3, 0.4) is 0 Å². The summed E-state index contributed by atoms with van der Waals surface area (Å²) in [5, 5.41) is 0. The number of carbonyl (C=O) groups excluding carboxylic acids is 1. The molecule has 2 heterocycles. The number of rotatable bonds is 2. The van der Waals surface area contributed by atoms with Crippen molar-refractivity contribution in [2.75, 3.05) is 30.4 Å². The molecule has 1 fully saturated rings. The maximum atomic E-state index is 13.0. The van der Waals surface area contributed by atoms with E-state index in [0.29, 0.717) is 48.4 Å². The fourth-order valence-electron chi connectivity index (χ4n) is 2.77. The van der Waals surface area contributed by atoms with E-state index in [0.717, 1.165) is 5.69 Å². The highest BCUT2D eigenvalue weighted by atomic mass is 16.5. The Balaban J connectivity index is 1.82. The van der Waals surface area contributed by atoms with Crippen LogP contribution in [0.5, 0.6) is 11.5 Å². The average molecular weight is 296 g/mol. The van der Waals surface area contributed by atoms with Crippen molar-refractivity contribution in [1.82, 2.24) is 0 Å². The lowest BCUT2D eigenvalue weighted by molar-refractivity contribution is -0.0272. The Morgan fingerprint density at radius 2 is 1.95 bits per heavy atom. The fraction of sp³-hybridized carbons (Fsp3) is 0.235. The molecule has 2 aromatic rings. The van der Waals surface area contributed by atoms with Crippen LogP contribution in [0.2, 0.25) is 0 Å². The van der Waals surface area contributed by atoms with Crippen LogP contribution in [-0.4, -0.2) is 25.7 Å². The van der Waals surface area contributed by atoms with Crippen LogP contribution in [0, 0.1) is 5.92 Å². The quantitative estimate of drug-likeness (QED) is 0.865. The summed E-state index contributed by atoms with van der Waals surface area (Å²) in [6, 6.07) is 12.7. The summed E-state index contributed by atoms with van der Waals surface area (Å²) in [7, 11) is 0. The smallest absolute Gasteiger partial charge is 0.262 e. The maximum absolute atomic E-state index is 13.0. The second-order valence-electron chi connectivity index (χ2n) is 5.64. The lowest BCUT2D eigenvalue weighted by Crippen LogP contribution is -2.42. The van der Waals surface area contributed by atoms with Gasteiger partial charge in [0, 0.05) is 18.2 Å². The van der Waals surface area contributed by atoms with Crippen LogP contribution < -0.4 is 15.4 Å². The van der Waals surface area contributed by atoms with Crippen LogP contribution in [-0.2, 0) is 4.74 Å². The van der Waals surface area contributed by atoms with Crippen LogP contribution >= 0.6 is 0 Å². The number of ether oxygens (including phenoxy) is 2. The zero-order chi connectivity index (χ0) is 15.1. The molecule has 0 bridgehead atoms. The number of fused-ring (bicyclic) bond motifs is 2. The number of hydrogen-bond donors (Lipinski definition) is 1. The molecule has 5 heteroatoms. The summed E-state index contributed by atoms with van der Waals surface area (Å²) in [6.45, 7) is 2.00. The standard InChI is InChI=1S/C17H16N2O3/c18-12-5-6-15-13(7-12)17(20)19(8-11-9-21-10-11)14-3-1-2-4-16(14)22-15/h1-7,11H,8-10,18H2. The third kappa shape index (κ3) is 2.10. The molecule has 22 heavy (non-hydrogen) atoms. The second kappa shape index (κ2) is 5.03. The zero-order valence-electron chi connectivity index (χ0n) is 12.0. The lowest BCUT2D eigenvalue weighted by atomic mass is 10.1. The number of nitrogens with zero attached hydrogens (tertiary/aromatic N) is 1. The number of nitrogens with two attached hydrogens (primary N) is 1. The molecule has 2 aliphatic heterocycles. The molecule has 0 atom stereocenters. The topological polar surface area (TPSA) is 64.8 Å². The van der Waals surface area contributed by atoms with Crippen LogP contribution in [0.15, 0.2) is 42.5 Å². The van der Waals surface area contributed by atoms with E-state index in [1.807, 2.05) is 24.3 Å². The molecule has 5 nitrogen and oxygen atoms in total. The van der Waals surface area contributed by atoms with Gasteiger partial charge in [-0.1, -0.05) is 12.1 Å². The first-order valence-electron chi connectivity index (χ1n) is 7.28. The Morgan fingerprint density at radius 3 is 2.73 bits per heavy atom. The summed E-state index contributed by atoms with van der Waals surface area (Å²) < 4.78 is 11.2. The Bertz CT molecular complexity index is 740. The highest BCUT2D eigenvalue weighted by molar-refractivity contribution is 6.10. The predicted octanol–water partition coefficient (Wildman–Crippen LogP) is 2.67. The Hall–Kier alpha value is -2.53. The molecule has 0 saturated carbocycles. The van der Waals surface area contributed by atoms with Gasteiger partial charge in [-0.25, -0.2) is 0 Å². The molecule has 112 valence electrons. The molecule has 0 aliphatic carbocycles. The Morgan fingerprint density at radius 1 is 1.14 bits per heavy atom. The number of para-hydroxylation sites is 2. The van der Waals surface area contributed by atoms with Crippen molar-refractivity contribution in [2.45, 2.75) is 0 Å². The number of hydrogen-bond acceptors (Lipinski definition) is 4. The van der Waals surface area contributed by atoms with Crippen LogP contribution in [0.25, 0.3) is 0 Å². The summed E-state index contributed by atoms with van der Waals surface area (Å²) in [4.78, 5) is 14.7. The Kier molecular flexibility index (Phi) is 3.01. The largest absolute Gasteiger partial charge is 0.454 e. The van der Waals surface area contributed by atoms with Gasteiger partial charge in [0.25, 0.3) is 5.91 Å². The molecular formula is C17H16N2O3. The second-order valence-corrected chi connectivity index (χ2v) is 5.64. The SMILES string of the molecule is Nc1ccc2c(c1)C(=O)N(CC1COC1)c1ccccc1O2. The van der Waals surface area contributed by atoms with E-state index in [1.54, 1.807) is 23.1 Å². The van der Waals surface area contributed by atoms with Gasteiger partial charge in [0.15, 0.2) is 5.75 Å². The lowest BCUT2D eigenvalue weighted by Gasteiger charge is -2.32. The number of amides is 1. The van der Waals surface area contributed by atoms with Gasteiger partial charge in [-0.05, 0) is 30.3 Å². The van der Waals surface area contributed by atoms with Gasteiger partial charge in [-0.2, -0.15) is 0 Å². The summed E-state index contributed by atoms with van der Waals surface area (Å²) in [5.41, 5.74) is 7.67. The third-order valence-electron chi connectivity index (χ3n) is 4.00. The molecule has 2 N–H and O–H groups in total. The number of carbonyl (C=O) groups is 1. The molecule has 2 aromatic carbocycles. The fourth-order valence-corrected chi connectivity index (χ4v) is 2.77. The van der Waals surface area contributed by atoms with E-state index in [1.165, 1.54) is 0 Å². The number of benzene rings is 2. The number of nitrogen functional groups attached to an aromatic ring is 1. The van der Waals surface area contributed by atoms with Crippen molar-refractivity contribution in [3.8, 4) is 11.5 Å². The van der Waals surface area contributed by atoms with Gasteiger partial charge in [0.1, 0.15) is 5.75 Å². The van der Waals surface area contributed by atoms with E-state index >= 15 is 0 Å². The first-order chi connectivity index (χ1) is 10.7. The normalized spacial score (nSPS) is 17.1. The predicted molar refractivity (Wildman–Crippen MR) is 83.4 cm³/mol. The molecule has 0 unspecified atom stereocenters. The van der Waals surface area contributed by atoms with Crippen molar-refractivity contribution in [1.29, 1.82) is 0 Å². The molecule has 2 aliphatic rings. The van der Waals surface area contributed by atoms with Crippen molar-refractivity contribution in [2.24, 2.45) is 5.92 Å². The van der Waals surface area contributed by atoms with Gasteiger partial charge in [-0.3, -0.25) is 4.79 Å². The van der Waals surface area contributed by atoms with Crippen LogP contribution in [0.1, 0.15) is 10.4 Å². The van der Waals surface area contributed by atoms with Gasteiger partial charge >= 0.3 is 0 Å². The third-order valence-corrected chi connectivity index (χ3v) is 4.00. The van der Waals surface area contributed by atoms with Crippen molar-refractivity contribution >= 4 is 17.3 Å². The van der Waals surface area contributed by atoms with E-state index in [4.69, 9.17) is 15.2 Å². The minimum atomic E-state index is -0.0841. The van der Waals surface area contributed by atoms with Gasteiger partial charge in [-0.15, -0.1) is 0 Å². The van der Waals surface area contributed by atoms with E-state index in [9.17, 15) is 4.79 Å². The minimum Gasteiger partial charge on any atom is -0.454 e. The molecule has 4 rings (SSSR count). The van der Waals surface area contributed by atoms with Crippen molar-refractivity contribution < 1.29 is 14.3 Å². The van der Waals surface area contributed by atoms with Gasteiger partial charge in [0.05, 0.1) is 24.5 Å². The average Bonchev–Trinajstić information content (AvgIpc) is 2.59. The molecule has 1 saturated heterocycles. The van der Waals surface area contributed by atoms with Crippen molar-refractivity contribution in [3.63, 3.8) is 0 Å². The molecule has 1 amide bonds. The van der Waals surface area contributed by atoms with Crippen LogP contribution in [0.4, 0.5) is 11.4 Å².